The van der Waals surface area contributed by atoms with Crippen LogP contribution in [0.5, 0.6) is 5.75 Å². The monoisotopic (exact) mass is 588 g/mol. The summed E-state index contributed by atoms with van der Waals surface area (Å²) in [5.41, 5.74) is -2.33. The van der Waals surface area contributed by atoms with Gasteiger partial charge in [-0.05, 0) is 49.4 Å². The van der Waals surface area contributed by atoms with E-state index in [1.54, 1.807) is 4.90 Å². The van der Waals surface area contributed by atoms with Crippen molar-refractivity contribution < 1.29 is 40.8 Å². The molecular formula is C27H30F6N4O4. The van der Waals surface area contributed by atoms with Gasteiger partial charge in [0, 0.05) is 70.3 Å². The maximum absolute atomic E-state index is 13.2. The van der Waals surface area contributed by atoms with Gasteiger partial charge in [0.25, 0.3) is 5.69 Å². The Morgan fingerprint density at radius 2 is 1.54 bits per heavy atom. The first-order chi connectivity index (χ1) is 19.3. The van der Waals surface area contributed by atoms with Gasteiger partial charge in [-0.25, -0.2) is 0 Å². The summed E-state index contributed by atoms with van der Waals surface area (Å²) in [5, 5.41) is 10.9. The number of carbonyl (C=O) groups excluding carboxylic acids is 1. The number of piperidine rings is 1. The van der Waals surface area contributed by atoms with E-state index < -0.39 is 40.2 Å². The molecule has 2 fully saturated rings. The number of benzene rings is 2. The Kier molecular flexibility index (Phi) is 9.30. The summed E-state index contributed by atoms with van der Waals surface area (Å²) in [6.45, 7) is 4.32. The van der Waals surface area contributed by atoms with Crippen molar-refractivity contribution in [3.63, 3.8) is 0 Å². The first-order valence-electron chi connectivity index (χ1n) is 13.3. The van der Waals surface area contributed by atoms with E-state index in [1.165, 1.54) is 12.1 Å². The van der Waals surface area contributed by atoms with Crippen LogP contribution < -0.4 is 9.64 Å². The quantitative estimate of drug-likeness (QED) is 0.227. The molecular weight excluding hydrogens is 558 g/mol. The highest BCUT2D eigenvalue weighted by atomic mass is 19.4. The number of amides is 1. The number of nitro groups is 1. The van der Waals surface area contributed by atoms with E-state index >= 15 is 0 Å². The number of halogens is 6. The molecule has 2 aromatic rings. The standard InChI is InChI=1S/C27H30F6N4O4/c28-26(29,30)19-3-5-20(6-4-19)35-16-14-34(15-17-35)11-1-2-25(38)36-12-9-21(10-13-36)41-22-7-8-24(37(39)40)23(18-22)27(31,32)33/h3-8,18,21H,1-2,9-17H2. The molecule has 0 N–H and O–H groups in total. The zero-order chi connectivity index (χ0) is 29.8. The summed E-state index contributed by atoms with van der Waals surface area (Å²) in [5.74, 6) is -0.118. The van der Waals surface area contributed by atoms with E-state index in [0.29, 0.717) is 64.5 Å². The fourth-order valence-electron chi connectivity index (χ4n) is 5.09. The van der Waals surface area contributed by atoms with Gasteiger partial charge in [0.15, 0.2) is 0 Å². The molecule has 8 nitrogen and oxygen atoms in total. The molecule has 2 aliphatic rings. The molecule has 4 rings (SSSR count). The van der Waals surface area contributed by atoms with Crippen LogP contribution in [-0.2, 0) is 17.1 Å². The highest BCUT2D eigenvalue weighted by molar-refractivity contribution is 5.76. The van der Waals surface area contributed by atoms with Crippen LogP contribution >= 0.6 is 0 Å². The lowest BCUT2D eigenvalue weighted by molar-refractivity contribution is -0.388. The average molecular weight is 589 g/mol. The van der Waals surface area contributed by atoms with Crippen LogP contribution in [0.1, 0.15) is 36.8 Å². The molecule has 0 spiro atoms. The lowest BCUT2D eigenvalue weighted by Gasteiger charge is -2.36. The SMILES string of the molecule is O=C(CCCN1CCN(c2ccc(C(F)(F)F)cc2)CC1)N1CCC(Oc2ccc([N+](=O)[O-])c(C(F)(F)F)c2)CC1. The van der Waals surface area contributed by atoms with Crippen LogP contribution in [0.15, 0.2) is 42.5 Å². The largest absolute Gasteiger partial charge is 0.490 e. The van der Waals surface area contributed by atoms with Gasteiger partial charge in [-0.15, -0.1) is 0 Å². The highest BCUT2D eigenvalue weighted by Crippen LogP contribution is 2.38. The third kappa shape index (κ3) is 8.02. The van der Waals surface area contributed by atoms with Gasteiger partial charge in [0.2, 0.25) is 5.91 Å². The van der Waals surface area contributed by atoms with E-state index in [4.69, 9.17) is 4.74 Å². The first kappa shape index (κ1) is 30.4. The molecule has 41 heavy (non-hydrogen) atoms. The smallest absolute Gasteiger partial charge is 0.423 e. The second-order valence-corrected chi connectivity index (χ2v) is 10.1. The lowest BCUT2D eigenvalue weighted by Crippen LogP contribution is -2.47. The minimum Gasteiger partial charge on any atom is -0.490 e. The molecule has 2 aromatic carbocycles. The molecule has 0 atom stereocenters. The van der Waals surface area contributed by atoms with Crippen molar-refractivity contribution in [3.8, 4) is 5.75 Å². The van der Waals surface area contributed by atoms with Crippen LogP contribution in [0.25, 0.3) is 0 Å². The Morgan fingerprint density at radius 3 is 2.10 bits per heavy atom. The molecule has 224 valence electrons. The van der Waals surface area contributed by atoms with E-state index in [2.05, 4.69) is 4.90 Å². The predicted octanol–water partition coefficient (Wildman–Crippen LogP) is 5.60. The second kappa shape index (κ2) is 12.5. The molecule has 0 unspecified atom stereocenters. The van der Waals surface area contributed by atoms with Crippen molar-refractivity contribution in [1.82, 2.24) is 9.80 Å². The highest BCUT2D eigenvalue weighted by Gasteiger charge is 2.39. The van der Waals surface area contributed by atoms with Crippen molar-refractivity contribution in [1.29, 1.82) is 0 Å². The van der Waals surface area contributed by atoms with E-state index in [0.717, 1.165) is 43.0 Å². The number of ether oxygens (including phenoxy) is 1. The van der Waals surface area contributed by atoms with Crippen LogP contribution in [0, 0.1) is 10.1 Å². The summed E-state index contributed by atoms with van der Waals surface area (Å²) in [6.07, 6.45) is -7.82. The van der Waals surface area contributed by atoms with Gasteiger partial charge in [0.1, 0.15) is 17.4 Å². The molecule has 0 bridgehead atoms. The Labute approximate surface area is 232 Å². The van der Waals surface area contributed by atoms with Crippen molar-refractivity contribution in [3.05, 3.63) is 63.7 Å². The summed E-state index contributed by atoms with van der Waals surface area (Å²) in [6, 6.07) is 7.70. The number of carbonyl (C=O) groups is 1. The minimum atomic E-state index is -4.89. The van der Waals surface area contributed by atoms with E-state index in [-0.39, 0.29) is 11.7 Å². The van der Waals surface area contributed by atoms with E-state index in [1.807, 2.05) is 4.90 Å². The Balaban J connectivity index is 1.16. The third-order valence-electron chi connectivity index (χ3n) is 7.36. The topological polar surface area (TPSA) is 79.2 Å². The Hall–Kier alpha value is -3.55. The third-order valence-corrected chi connectivity index (χ3v) is 7.36. The number of nitrogens with zero attached hydrogens (tertiary/aromatic N) is 4. The number of hydrogen-bond donors (Lipinski definition) is 0. The molecule has 2 aliphatic heterocycles. The number of rotatable bonds is 8. The Morgan fingerprint density at radius 1 is 0.902 bits per heavy atom. The fraction of sp³-hybridized carbons (Fsp3) is 0.519. The average Bonchev–Trinajstić information content (AvgIpc) is 2.93. The molecule has 0 aromatic heterocycles. The molecule has 2 heterocycles. The van der Waals surface area contributed by atoms with Crippen LogP contribution in [-0.4, -0.2) is 72.5 Å². The maximum Gasteiger partial charge on any atom is 0.423 e. The number of piperazine rings is 1. The normalized spacial score (nSPS) is 17.5. The zero-order valence-corrected chi connectivity index (χ0v) is 22.1. The van der Waals surface area contributed by atoms with Crippen LogP contribution in [0.4, 0.5) is 37.7 Å². The van der Waals surface area contributed by atoms with Gasteiger partial charge in [-0.1, -0.05) is 0 Å². The van der Waals surface area contributed by atoms with Crippen molar-refractivity contribution >= 4 is 17.3 Å². The summed E-state index contributed by atoms with van der Waals surface area (Å²) >= 11 is 0. The zero-order valence-electron chi connectivity index (χ0n) is 22.1. The lowest BCUT2D eigenvalue weighted by atomic mass is 10.1. The Bertz CT molecular complexity index is 1210. The molecule has 0 aliphatic carbocycles. The number of likely N-dealkylation sites (tertiary alicyclic amines) is 1. The number of alkyl halides is 6. The van der Waals surface area contributed by atoms with Gasteiger partial charge in [0.05, 0.1) is 10.5 Å². The van der Waals surface area contributed by atoms with Crippen LogP contribution in [0.3, 0.4) is 0 Å². The summed E-state index contributed by atoms with van der Waals surface area (Å²) in [7, 11) is 0. The van der Waals surface area contributed by atoms with Crippen molar-refractivity contribution in [2.24, 2.45) is 0 Å². The second-order valence-electron chi connectivity index (χ2n) is 10.1. The summed E-state index contributed by atoms with van der Waals surface area (Å²) < 4.78 is 83.7. The fourth-order valence-corrected chi connectivity index (χ4v) is 5.09. The molecule has 1 amide bonds. The van der Waals surface area contributed by atoms with Gasteiger partial charge in [-0.2, -0.15) is 26.3 Å². The van der Waals surface area contributed by atoms with Crippen molar-refractivity contribution in [2.75, 3.05) is 50.7 Å². The summed E-state index contributed by atoms with van der Waals surface area (Å²) in [4.78, 5) is 28.5. The molecule has 0 radical (unpaired) electrons. The van der Waals surface area contributed by atoms with Crippen molar-refractivity contribution in [2.45, 2.75) is 44.1 Å². The number of anilines is 1. The molecule has 2 saturated heterocycles. The molecule has 14 heteroatoms. The van der Waals surface area contributed by atoms with Gasteiger partial charge < -0.3 is 14.5 Å². The number of hydrogen-bond acceptors (Lipinski definition) is 6. The predicted molar refractivity (Wildman–Crippen MR) is 138 cm³/mol. The molecule has 0 saturated carbocycles. The first-order valence-corrected chi connectivity index (χ1v) is 13.3. The minimum absolute atomic E-state index is 0.0125. The van der Waals surface area contributed by atoms with Gasteiger partial charge in [-0.3, -0.25) is 19.8 Å². The maximum atomic E-state index is 13.2. The number of nitro benzene ring substituents is 1. The van der Waals surface area contributed by atoms with Crippen LogP contribution in [0.2, 0.25) is 0 Å². The van der Waals surface area contributed by atoms with Gasteiger partial charge >= 0.3 is 12.4 Å². The van der Waals surface area contributed by atoms with E-state index in [9.17, 15) is 41.3 Å².